The number of hydrogen-bond acceptors (Lipinski definition) is 0. The van der Waals surface area contributed by atoms with Crippen molar-refractivity contribution in [2.24, 2.45) is 0 Å². The minimum absolute atomic E-state index is 0. The highest BCUT2D eigenvalue weighted by molar-refractivity contribution is 5.75. The van der Waals surface area contributed by atoms with E-state index in [-0.39, 0.29) is 38.3 Å². The Kier molecular flexibility index (Phi) is 25100000000. The molecule has 0 saturated heterocycles. The maximum Gasteiger partial charge on any atom is -0.0149 e. The van der Waals surface area contributed by atoms with Crippen LogP contribution in [0.1, 0.15) is 0 Å². The van der Waals surface area contributed by atoms with Crippen LogP contribution in [0.4, 0.5) is 0 Å². The highest BCUT2D eigenvalue weighted by Gasteiger charge is -0.0148. The maximum absolute atomic E-state index is 0. The first-order valence-corrected chi connectivity index (χ1v) is 0. The summed E-state index contributed by atoms with van der Waals surface area (Å²) < 4.78 is 0. The van der Waals surface area contributed by atoms with Gasteiger partial charge in [0.1, 0.15) is 0 Å². The lowest BCUT2D eigenvalue weighted by Gasteiger charge is -0.413. The van der Waals surface area contributed by atoms with Crippen molar-refractivity contribution in [3.63, 3.8) is 0 Å². The van der Waals surface area contributed by atoms with Crippen LogP contribution in [0.2, 0.25) is 0 Å². The molecular weight excluding hydrogens is 108 g/mol. The summed E-state index contributed by atoms with van der Waals surface area (Å²) in [5.74, 6) is 0. The Morgan fingerprint density at radius 2 is 0.333 bits per heavy atom. The fourth-order valence-electron chi connectivity index (χ4n) is 0. The molecule has 0 bridgehead atoms. The van der Waals surface area contributed by atoms with Gasteiger partial charge < -0.3 is 27.4 Å². The molecule has 0 aliphatic carbocycles. The molecule has 0 saturated carbocycles. The minimum Gasteiger partial charge on any atom is -0.412 e. The Morgan fingerprint density at radius 1 is 0.333 bits per heavy atom. The summed E-state index contributed by atoms with van der Waals surface area (Å²) in [7, 11) is 0. The van der Waals surface area contributed by atoms with Crippen LogP contribution in [0.3, 0.4) is 0 Å². The third-order valence-electron chi connectivity index (χ3n) is 0. The standard InChI is InChI=1S/5H2O.H4Si/h5*1H2;1H4. The van der Waals surface area contributed by atoms with Gasteiger partial charge in [-0.05, 0) is 11.0 Å². The number of hydrogen-bond donors (Lipinski definition) is 0. The van der Waals surface area contributed by atoms with Crippen molar-refractivity contribution in [1.29, 1.82) is 0 Å². The van der Waals surface area contributed by atoms with Gasteiger partial charge in [0, 0.05) is 0 Å². The Balaban J connectivity index is 0. The molecule has 0 rings (SSSR count). The zero-order valence-corrected chi connectivity index (χ0v) is 2.50. The summed E-state index contributed by atoms with van der Waals surface area (Å²) in [5, 5.41) is 0. The smallest absolute Gasteiger partial charge is 0.0149 e. The van der Waals surface area contributed by atoms with E-state index in [1.807, 2.05) is 0 Å². The van der Waals surface area contributed by atoms with E-state index in [9.17, 15) is 0 Å². The molecule has 0 aliphatic heterocycles. The Bertz CT molecular complexity index is 3.90. The van der Waals surface area contributed by atoms with Gasteiger partial charge in [-0.2, -0.15) is 0 Å². The molecule has 6 heavy (non-hydrogen) atoms. The van der Waals surface area contributed by atoms with Crippen LogP contribution in [-0.2, 0) is 0 Å². The molecular formula is H14O5Si. The molecule has 48 valence electrons. The lowest BCUT2D eigenvalue weighted by atomic mass is 16.0. The first kappa shape index (κ1) is 531000. The highest BCUT2D eigenvalue weighted by atomic mass is 28.1. The summed E-state index contributed by atoms with van der Waals surface area (Å²) in [6, 6.07) is 0. The van der Waals surface area contributed by atoms with Crippen molar-refractivity contribution in [3.8, 4) is 0 Å². The second-order valence-electron chi connectivity index (χ2n) is 0. The normalized spacial score (nSPS) is 0. The van der Waals surface area contributed by atoms with Gasteiger partial charge in [-0.1, -0.05) is 0 Å². The molecule has 0 aromatic rings. The average Bonchev–Trinajstić information content (AvgIpc) is 0. The third-order valence-corrected chi connectivity index (χ3v) is 0. The van der Waals surface area contributed by atoms with E-state index in [2.05, 4.69) is 0 Å². The van der Waals surface area contributed by atoms with Crippen LogP contribution in [0.15, 0.2) is 0 Å². The van der Waals surface area contributed by atoms with E-state index >= 15 is 0 Å². The Hall–Kier alpha value is 0.0169. The van der Waals surface area contributed by atoms with Gasteiger partial charge in [-0.3, -0.25) is 0 Å². The first-order chi connectivity index (χ1) is 0. The van der Waals surface area contributed by atoms with E-state index < -0.39 is 0 Å². The molecule has 10 N–H and O–H groups in total. The van der Waals surface area contributed by atoms with Crippen molar-refractivity contribution in [1.82, 2.24) is 0 Å². The number of rotatable bonds is 0. The molecule has 0 fully saturated rings. The molecule has 0 spiro atoms. The van der Waals surface area contributed by atoms with Gasteiger partial charge in [-0.15, -0.1) is 0 Å². The molecule has 5 nitrogen and oxygen atoms in total. The van der Waals surface area contributed by atoms with Crippen LogP contribution in [-0.4, -0.2) is 38.3 Å². The van der Waals surface area contributed by atoms with Crippen LogP contribution in [0.25, 0.3) is 0 Å². The average molecular weight is 122 g/mol. The zero-order chi connectivity index (χ0) is 0. The Morgan fingerprint density at radius 3 is 0.333 bits per heavy atom. The fourth-order valence-corrected chi connectivity index (χ4v) is 0. The van der Waals surface area contributed by atoms with Crippen molar-refractivity contribution in [3.05, 3.63) is 0 Å². The molecule has 0 aromatic heterocycles. The molecule has 0 amide bonds. The molecule has 0 radical (unpaired) electrons. The minimum atomic E-state index is 0. The molecule has 6 heteroatoms. The lowest BCUT2D eigenvalue weighted by Crippen LogP contribution is -0.381. The third kappa shape index (κ3) is 128000. The van der Waals surface area contributed by atoms with E-state index in [0.717, 1.165) is 0 Å². The summed E-state index contributed by atoms with van der Waals surface area (Å²) in [6.45, 7) is 0. The first-order valence-electron chi connectivity index (χ1n) is 0. The van der Waals surface area contributed by atoms with Crippen LogP contribution < -0.4 is 0 Å². The monoisotopic (exact) mass is 122 g/mol. The van der Waals surface area contributed by atoms with E-state index in [0.29, 0.717) is 0 Å². The van der Waals surface area contributed by atoms with E-state index in [4.69, 9.17) is 0 Å². The topological polar surface area (TPSA) is 158 Å². The summed E-state index contributed by atoms with van der Waals surface area (Å²) >= 11 is 0. The summed E-state index contributed by atoms with van der Waals surface area (Å²) in [6.07, 6.45) is 0. The van der Waals surface area contributed by atoms with Crippen molar-refractivity contribution in [2.45, 2.75) is 0 Å². The van der Waals surface area contributed by atoms with Gasteiger partial charge >= 0.3 is 0 Å². The van der Waals surface area contributed by atoms with Crippen molar-refractivity contribution >= 4 is 11.0 Å². The fraction of sp³-hybridized carbons (Fsp3) is 0. The quantitative estimate of drug-likeness (QED) is 0.281. The van der Waals surface area contributed by atoms with Crippen LogP contribution in [0, 0.1) is 0 Å². The summed E-state index contributed by atoms with van der Waals surface area (Å²) in [5.41, 5.74) is 0. The summed E-state index contributed by atoms with van der Waals surface area (Å²) in [4.78, 5) is 0. The van der Waals surface area contributed by atoms with Crippen molar-refractivity contribution in [2.75, 3.05) is 0 Å². The van der Waals surface area contributed by atoms with Gasteiger partial charge in [0.15, 0.2) is 0 Å². The second kappa shape index (κ2) is 284000. The van der Waals surface area contributed by atoms with Gasteiger partial charge in [-0.25, -0.2) is 0 Å². The predicted octanol–water partition coefficient (Wildman–Crippen LogP) is -5.58. The molecule has 0 aromatic carbocycles. The highest BCUT2D eigenvalue weighted by Crippen LogP contribution is -0.285. The molecule has 0 atom stereocenters. The SMILES string of the molecule is O.O.O.O.O.[SiH4]. The molecule has 0 aliphatic rings. The largest absolute Gasteiger partial charge is 0.412 e. The Labute approximate surface area is 39.5 Å². The molecule has 0 heterocycles. The predicted molar refractivity (Wildman–Crippen MR) is 29.4 cm³/mol. The zero-order valence-electron chi connectivity index (χ0n) is 2.50. The second-order valence-corrected chi connectivity index (χ2v) is 0. The molecule has 0 unspecified atom stereocenters. The van der Waals surface area contributed by atoms with Crippen LogP contribution in [0.5, 0.6) is 0 Å². The van der Waals surface area contributed by atoms with Gasteiger partial charge in [0.25, 0.3) is 0 Å². The van der Waals surface area contributed by atoms with Gasteiger partial charge in [0.05, 0.1) is 0 Å². The van der Waals surface area contributed by atoms with E-state index in [1.165, 1.54) is 0 Å². The van der Waals surface area contributed by atoms with Crippen LogP contribution >= 0.6 is 0 Å². The van der Waals surface area contributed by atoms with Crippen molar-refractivity contribution < 1.29 is 27.4 Å². The maximum atomic E-state index is 0. The van der Waals surface area contributed by atoms with Gasteiger partial charge in [0.2, 0.25) is 0 Å². The lowest BCUT2D eigenvalue weighted by molar-refractivity contribution is 0.823. The van der Waals surface area contributed by atoms with E-state index in [1.54, 1.807) is 0 Å².